The van der Waals surface area contributed by atoms with E-state index in [0.717, 1.165) is 57.9 Å². The molecule has 1 saturated carbocycles. The minimum absolute atomic E-state index is 0.0658. The Hall–Kier alpha value is -3.08. The predicted molar refractivity (Wildman–Crippen MR) is 112 cm³/mol. The molecule has 0 bridgehead atoms. The van der Waals surface area contributed by atoms with E-state index in [2.05, 4.69) is 59.7 Å². The summed E-state index contributed by atoms with van der Waals surface area (Å²) in [6.45, 7) is 4.36. The summed E-state index contributed by atoms with van der Waals surface area (Å²) in [5, 5.41) is 8.02. The highest BCUT2D eigenvalue weighted by molar-refractivity contribution is 5.96. The molecule has 1 aliphatic carbocycles. The second-order valence-corrected chi connectivity index (χ2v) is 7.47. The van der Waals surface area contributed by atoms with Gasteiger partial charge >= 0.3 is 0 Å². The van der Waals surface area contributed by atoms with Crippen molar-refractivity contribution >= 4 is 22.5 Å². The lowest BCUT2D eigenvalue weighted by molar-refractivity contribution is -0.117. The smallest absolute Gasteiger partial charge is 0.228 e. The average molecular weight is 373 g/mol. The lowest BCUT2D eigenvalue weighted by atomic mass is 9.92. The first-order valence-corrected chi connectivity index (χ1v) is 9.71. The maximum absolute atomic E-state index is 11.9. The number of nitroso groups, excluding NO2 is 1. The third-order valence-electron chi connectivity index (χ3n) is 5.39. The van der Waals surface area contributed by atoms with E-state index in [1.54, 1.807) is 0 Å². The molecule has 1 N–H and O–H groups in total. The molecule has 0 saturated heterocycles. The highest BCUT2D eigenvalue weighted by Crippen LogP contribution is 2.32. The van der Waals surface area contributed by atoms with Crippen LogP contribution >= 0.6 is 0 Å². The van der Waals surface area contributed by atoms with Crippen molar-refractivity contribution in [1.29, 1.82) is 0 Å². The molecule has 1 heterocycles. The van der Waals surface area contributed by atoms with E-state index < -0.39 is 0 Å². The van der Waals surface area contributed by atoms with Crippen molar-refractivity contribution in [3.63, 3.8) is 0 Å². The number of carbonyl (C=O) groups is 1. The van der Waals surface area contributed by atoms with Crippen LogP contribution in [0.3, 0.4) is 0 Å². The van der Waals surface area contributed by atoms with Crippen LogP contribution < -0.4 is 5.32 Å². The van der Waals surface area contributed by atoms with E-state index >= 15 is 0 Å². The molecule has 1 fully saturated rings. The summed E-state index contributed by atoms with van der Waals surface area (Å²) < 4.78 is 0. The standard InChI is InChI=1S/C23H23N3O2/c1-3-15-10-21(14(2)8-19(15)13-25-28)18-7-6-17-11-22(24-12-20(17)9-18)26-23(27)16-4-5-16/h6-12,16H,3-5,13H2,1-2H3,(H,24,26,27). The van der Waals surface area contributed by atoms with Gasteiger partial charge in [0.25, 0.3) is 0 Å². The molecule has 1 aromatic heterocycles. The number of aryl methyl sites for hydroxylation is 2. The van der Waals surface area contributed by atoms with Gasteiger partial charge in [0, 0.05) is 17.5 Å². The monoisotopic (exact) mass is 373 g/mol. The number of nitrogens with zero attached hydrogens (tertiary/aromatic N) is 2. The molecule has 3 aromatic rings. The van der Waals surface area contributed by atoms with Crippen molar-refractivity contribution in [2.45, 2.75) is 39.7 Å². The molecule has 0 aliphatic heterocycles. The van der Waals surface area contributed by atoms with E-state index in [0.29, 0.717) is 5.82 Å². The third-order valence-corrected chi connectivity index (χ3v) is 5.39. The van der Waals surface area contributed by atoms with Crippen LogP contribution in [-0.4, -0.2) is 10.9 Å². The summed E-state index contributed by atoms with van der Waals surface area (Å²) in [7, 11) is 0. The number of aromatic nitrogens is 1. The van der Waals surface area contributed by atoms with Crippen LogP contribution in [0.4, 0.5) is 5.82 Å². The summed E-state index contributed by atoms with van der Waals surface area (Å²) in [6.07, 6.45) is 4.62. The van der Waals surface area contributed by atoms with Crippen molar-refractivity contribution in [1.82, 2.24) is 4.98 Å². The van der Waals surface area contributed by atoms with Gasteiger partial charge in [-0.25, -0.2) is 4.98 Å². The van der Waals surface area contributed by atoms with E-state index in [9.17, 15) is 9.70 Å². The Balaban J connectivity index is 1.67. The lowest BCUT2D eigenvalue weighted by Crippen LogP contribution is -2.14. The quantitative estimate of drug-likeness (QED) is 0.589. The first kappa shape index (κ1) is 18.3. The molecule has 0 unspecified atom stereocenters. The van der Waals surface area contributed by atoms with Crippen LogP contribution in [0, 0.1) is 17.7 Å². The van der Waals surface area contributed by atoms with Gasteiger partial charge in [0.15, 0.2) is 0 Å². The number of rotatable bonds is 6. The van der Waals surface area contributed by atoms with Crippen molar-refractivity contribution in [2.24, 2.45) is 11.1 Å². The number of amides is 1. The Morgan fingerprint density at radius 2 is 1.96 bits per heavy atom. The number of fused-ring (bicyclic) bond motifs is 1. The van der Waals surface area contributed by atoms with Gasteiger partial charge in [-0.1, -0.05) is 36.4 Å². The van der Waals surface area contributed by atoms with E-state index in [4.69, 9.17) is 0 Å². The van der Waals surface area contributed by atoms with Crippen LogP contribution in [0.1, 0.15) is 36.5 Å². The number of hydrogen-bond acceptors (Lipinski definition) is 4. The van der Waals surface area contributed by atoms with Gasteiger partial charge in [-0.3, -0.25) is 4.79 Å². The summed E-state index contributed by atoms with van der Waals surface area (Å²) in [5.41, 5.74) is 5.53. The third kappa shape index (κ3) is 3.65. The van der Waals surface area contributed by atoms with Crippen LogP contribution in [-0.2, 0) is 17.8 Å². The highest BCUT2D eigenvalue weighted by Gasteiger charge is 2.29. The summed E-state index contributed by atoms with van der Waals surface area (Å²) in [6, 6.07) is 12.4. The van der Waals surface area contributed by atoms with E-state index in [1.165, 1.54) is 0 Å². The Kier molecular flexibility index (Phi) is 4.90. The van der Waals surface area contributed by atoms with Gasteiger partial charge in [0.1, 0.15) is 12.4 Å². The van der Waals surface area contributed by atoms with Crippen molar-refractivity contribution in [3.8, 4) is 11.1 Å². The topological polar surface area (TPSA) is 71.4 Å². The van der Waals surface area contributed by atoms with E-state index in [1.807, 2.05) is 12.3 Å². The fourth-order valence-electron chi connectivity index (χ4n) is 3.62. The molecule has 5 nitrogen and oxygen atoms in total. The zero-order valence-corrected chi connectivity index (χ0v) is 16.2. The Morgan fingerprint density at radius 3 is 2.68 bits per heavy atom. The van der Waals surface area contributed by atoms with Crippen LogP contribution in [0.5, 0.6) is 0 Å². The van der Waals surface area contributed by atoms with Crippen molar-refractivity contribution in [3.05, 3.63) is 64.2 Å². The van der Waals surface area contributed by atoms with Gasteiger partial charge in [-0.2, -0.15) is 4.91 Å². The molecule has 1 amide bonds. The Bertz CT molecular complexity index is 1070. The zero-order chi connectivity index (χ0) is 19.7. The lowest BCUT2D eigenvalue weighted by Gasteiger charge is -2.13. The molecular weight excluding hydrogens is 350 g/mol. The second kappa shape index (κ2) is 7.50. The second-order valence-electron chi connectivity index (χ2n) is 7.47. The minimum Gasteiger partial charge on any atom is -0.310 e. The van der Waals surface area contributed by atoms with Gasteiger partial charge in [0.2, 0.25) is 5.91 Å². The van der Waals surface area contributed by atoms with Crippen molar-refractivity contribution < 1.29 is 4.79 Å². The molecule has 28 heavy (non-hydrogen) atoms. The fourth-order valence-corrected chi connectivity index (χ4v) is 3.62. The Labute approximate surface area is 164 Å². The van der Waals surface area contributed by atoms with Crippen molar-refractivity contribution in [2.75, 3.05) is 5.32 Å². The molecule has 0 radical (unpaired) electrons. The Morgan fingerprint density at radius 1 is 1.14 bits per heavy atom. The fraction of sp³-hybridized carbons (Fsp3) is 0.304. The summed E-state index contributed by atoms with van der Waals surface area (Å²) in [5.74, 6) is 0.830. The average Bonchev–Trinajstić information content (AvgIpc) is 3.53. The van der Waals surface area contributed by atoms with Gasteiger partial charge in [-0.15, -0.1) is 0 Å². The van der Waals surface area contributed by atoms with Gasteiger partial charge in [-0.05, 0) is 71.5 Å². The molecule has 2 aromatic carbocycles. The molecule has 0 atom stereocenters. The number of carbonyl (C=O) groups excluding carboxylic acids is 1. The summed E-state index contributed by atoms with van der Waals surface area (Å²) in [4.78, 5) is 27.1. The number of benzene rings is 2. The van der Waals surface area contributed by atoms with Crippen LogP contribution in [0.25, 0.3) is 21.9 Å². The molecule has 142 valence electrons. The molecular formula is C23H23N3O2. The SMILES string of the molecule is CCc1cc(-c2ccc3cc(NC(=O)C4CC4)ncc3c2)c(C)cc1CN=O. The highest BCUT2D eigenvalue weighted by atomic mass is 16.3. The molecule has 4 rings (SSSR count). The maximum atomic E-state index is 11.9. The summed E-state index contributed by atoms with van der Waals surface area (Å²) >= 11 is 0. The maximum Gasteiger partial charge on any atom is 0.228 e. The van der Waals surface area contributed by atoms with Crippen LogP contribution in [0.15, 0.2) is 47.8 Å². The predicted octanol–water partition coefficient (Wildman–Crippen LogP) is 5.39. The minimum atomic E-state index is 0.0658. The number of anilines is 1. The van der Waals surface area contributed by atoms with E-state index in [-0.39, 0.29) is 18.4 Å². The zero-order valence-electron chi connectivity index (χ0n) is 16.2. The normalized spacial score (nSPS) is 13.5. The molecule has 5 heteroatoms. The first-order chi connectivity index (χ1) is 13.6. The van der Waals surface area contributed by atoms with Gasteiger partial charge in [0.05, 0.1) is 0 Å². The molecule has 0 spiro atoms. The number of hydrogen-bond donors (Lipinski definition) is 1. The first-order valence-electron chi connectivity index (χ1n) is 9.71. The van der Waals surface area contributed by atoms with Crippen LogP contribution in [0.2, 0.25) is 0 Å². The number of nitrogens with one attached hydrogen (secondary N) is 1. The largest absolute Gasteiger partial charge is 0.310 e. The van der Waals surface area contributed by atoms with Gasteiger partial charge < -0.3 is 5.32 Å². The molecule has 1 aliphatic rings. The number of pyridine rings is 1.